The molecule has 0 aliphatic heterocycles. The van der Waals surface area contributed by atoms with Crippen molar-refractivity contribution < 1.29 is 9.72 Å². The first-order valence-electron chi connectivity index (χ1n) is 7.81. The number of rotatable bonds is 5. The molecule has 0 saturated carbocycles. The van der Waals surface area contributed by atoms with Crippen LogP contribution in [0.15, 0.2) is 48.5 Å². The van der Waals surface area contributed by atoms with E-state index in [9.17, 15) is 14.9 Å². The number of hydrogen-bond donors (Lipinski definition) is 2. The molecule has 7 heteroatoms. The van der Waals surface area contributed by atoms with Crippen molar-refractivity contribution >= 4 is 34.1 Å². The Bertz CT molecular complexity index is 952. The predicted molar refractivity (Wildman–Crippen MR) is 96.9 cm³/mol. The van der Waals surface area contributed by atoms with Gasteiger partial charge in [0.05, 0.1) is 11.0 Å². The number of carbonyl (C=O) groups is 1. The smallest absolute Gasteiger partial charge is 0.269 e. The number of nitro benzene ring substituents is 1. The van der Waals surface area contributed by atoms with E-state index in [-0.39, 0.29) is 17.6 Å². The van der Waals surface area contributed by atoms with Crippen molar-refractivity contribution in [3.8, 4) is 0 Å². The summed E-state index contributed by atoms with van der Waals surface area (Å²) in [4.78, 5) is 26.1. The SMILES string of the molecule is CCC(NC(=O)c1cc2ccc(Cl)cc2[nH]1)c1cccc([N+](=O)[O-])c1. The monoisotopic (exact) mass is 357 g/mol. The van der Waals surface area contributed by atoms with E-state index < -0.39 is 4.92 Å². The summed E-state index contributed by atoms with van der Waals surface area (Å²) < 4.78 is 0. The molecule has 0 fully saturated rings. The summed E-state index contributed by atoms with van der Waals surface area (Å²) in [7, 11) is 0. The number of halogens is 1. The lowest BCUT2D eigenvalue weighted by molar-refractivity contribution is -0.384. The number of nitro groups is 1. The van der Waals surface area contributed by atoms with Gasteiger partial charge in [-0.3, -0.25) is 14.9 Å². The van der Waals surface area contributed by atoms with Gasteiger partial charge in [-0.2, -0.15) is 0 Å². The lowest BCUT2D eigenvalue weighted by Crippen LogP contribution is -2.28. The van der Waals surface area contributed by atoms with Crippen LogP contribution in [-0.4, -0.2) is 15.8 Å². The van der Waals surface area contributed by atoms with Gasteiger partial charge in [-0.1, -0.05) is 36.7 Å². The Morgan fingerprint density at radius 2 is 2.08 bits per heavy atom. The number of benzene rings is 2. The topological polar surface area (TPSA) is 88.0 Å². The Kier molecular flexibility index (Phi) is 4.72. The summed E-state index contributed by atoms with van der Waals surface area (Å²) in [6, 6.07) is 13.1. The summed E-state index contributed by atoms with van der Waals surface area (Å²) in [6.45, 7) is 1.91. The number of fused-ring (bicyclic) bond motifs is 1. The number of amides is 1. The minimum atomic E-state index is -0.445. The maximum atomic E-state index is 12.6. The minimum absolute atomic E-state index is 0.00505. The van der Waals surface area contributed by atoms with Crippen molar-refractivity contribution in [3.63, 3.8) is 0 Å². The zero-order valence-corrected chi connectivity index (χ0v) is 14.2. The van der Waals surface area contributed by atoms with E-state index in [1.807, 2.05) is 13.0 Å². The second kappa shape index (κ2) is 6.94. The fourth-order valence-electron chi connectivity index (χ4n) is 2.73. The van der Waals surface area contributed by atoms with Crippen LogP contribution in [0.4, 0.5) is 5.69 Å². The molecule has 1 aromatic heterocycles. The Morgan fingerprint density at radius 3 is 2.80 bits per heavy atom. The number of aromatic amines is 1. The fraction of sp³-hybridized carbons (Fsp3) is 0.167. The summed E-state index contributed by atoms with van der Waals surface area (Å²) in [5.41, 5.74) is 1.90. The molecule has 1 unspecified atom stereocenters. The zero-order chi connectivity index (χ0) is 18.0. The second-order valence-electron chi connectivity index (χ2n) is 5.70. The van der Waals surface area contributed by atoms with E-state index in [1.54, 1.807) is 30.3 Å². The highest BCUT2D eigenvalue weighted by atomic mass is 35.5. The Labute approximate surface area is 149 Å². The van der Waals surface area contributed by atoms with Gasteiger partial charge >= 0.3 is 0 Å². The average Bonchev–Trinajstić information content (AvgIpc) is 3.02. The van der Waals surface area contributed by atoms with Gasteiger partial charge in [-0.25, -0.2) is 0 Å². The average molecular weight is 358 g/mol. The van der Waals surface area contributed by atoms with E-state index in [0.29, 0.717) is 22.7 Å². The van der Waals surface area contributed by atoms with Crippen LogP contribution in [0, 0.1) is 10.1 Å². The third-order valence-corrected chi connectivity index (χ3v) is 4.26. The highest BCUT2D eigenvalue weighted by Crippen LogP contribution is 2.23. The first-order valence-corrected chi connectivity index (χ1v) is 8.19. The Hall–Kier alpha value is -2.86. The van der Waals surface area contributed by atoms with Crippen LogP contribution in [0.5, 0.6) is 0 Å². The first kappa shape index (κ1) is 17.0. The summed E-state index contributed by atoms with van der Waals surface area (Å²) in [5.74, 6) is -0.273. The molecule has 6 nitrogen and oxygen atoms in total. The first-order chi connectivity index (χ1) is 12.0. The van der Waals surface area contributed by atoms with E-state index in [0.717, 1.165) is 10.9 Å². The van der Waals surface area contributed by atoms with Crippen LogP contribution in [0.2, 0.25) is 5.02 Å². The maximum Gasteiger partial charge on any atom is 0.269 e. The maximum absolute atomic E-state index is 12.6. The molecule has 0 radical (unpaired) electrons. The third-order valence-electron chi connectivity index (χ3n) is 4.03. The lowest BCUT2D eigenvalue weighted by Gasteiger charge is -2.16. The number of hydrogen-bond acceptors (Lipinski definition) is 3. The van der Waals surface area contributed by atoms with Crippen LogP contribution in [0.1, 0.15) is 35.4 Å². The van der Waals surface area contributed by atoms with Crippen molar-refractivity contribution in [2.45, 2.75) is 19.4 Å². The van der Waals surface area contributed by atoms with Crippen molar-refractivity contribution in [1.29, 1.82) is 0 Å². The molecule has 128 valence electrons. The van der Waals surface area contributed by atoms with Crippen molar-refractivity contribution in [2.24, 2.45) is 0 Å². The molecule has 1 atom stereocenters. The Balaban J connectivity index is 1.84. The van der Waals surface area contributed by atoms with Gasteiger partial charge in [0.2, 0.25) is 0 Å². The quantitative estimate of drug-likeness (QED) is 0.516. The number of nitrogens with one attached hydrogen (secondary N) is 2. The molecule has 3 rings (SSSR count). The number of carbonyl (C=O) groups excluding carboxylic acids is 1. The highest BCUT2D eigenvalue weighted by Gasteiger charge is 2.18. The second-order valence-corrected chi connectivity index (χ2v) is 6.14. The van der Waals surface area contributed by atoms with Gasteiger partial charge in [0.15, 0.2) is 0 Å². The van der Waals surface area contributed by atoms with Crippen molar-refractivity contribution in [2.75, 3.05) is 0 Å². The summed E-state index contributed by atoms with van der Waals surface area (Å²) >= 11 is 5.96. The number of aromatic nitrogens is 1. The summed E-state index contributed by atoms with van der Waals surface area (Å²) in [6.07, 6.45) is 0.610. The van der Waals surface area contributed by atoms with E-state index in [4.69, 9.17) is 11.6 Å². The standard InChI is InChI=1S/C18H16ClN3O3/c1-2-15(11-4-3-5-14(8-11)22(24)25)21-18(23)17-9-12-6-7-13(19)10-16(12)20-17/h3-10,15,20H,2H2,1H3,(H,21,23). The zero-order valence-electron chi connectivity index (χ0n) is 13.5. The largest absolute Gasteiger partial charge is 0.350 e. The highest BCUT2D eigenvalue weighted by molar-refractivity contribution is 6.31. The van der Waals surface area contributed by atoms with E-state index in [2.05, 4.69) is 10.3 Å². The van der Waals surface area contributed by atoms with Gasteiger partial charge in [0.25, 0.3) is 11.6 Å². The van der Waals surface area contributed by atoms with Gasteiger partial charge in [0, 0.05) is 28.1 Å². The number of non-ortho nitro benzene ring substituents is 1. The van der Waals surface area contributed by atoms with Crippen molar-refractivity contribution in [3.05, 3.63) is 74.9 Å². The molecule has 0 aliphatic carbocycles. The molecule has 25 heavy (non-hydrogen) atoms. The molecule has 0 spiro atoms. The van der Waals surface area contributed by atoms with Crippen LogP contribution < -0.4 is 5.32 Å². The van der Waals surface area contributed by atoms with Gasteiger partial charge < -0.3 is 10.3 Å². The summed E-state index contributed by atoms with van der Waals surface area (Å²) in [5, 5.41) is 15.3. The van der Waals surface area contributed by atoms with Crippen LogP contribution in [-0.2, 0) is 0 Å². The predicted octanol–water partition coefficient (Wildman–Crippen LogP) is 4.61. The third kappa shape index (κ3) is 3.64. The lowest BCUT2D eigenvalue weighted by atomic mass is 10.0. The molecular formula is C18H16ClN3O3. The number of H-pyrrole nitrogens is 1. The fourth-order valence-corrected chi connectivity index (χ4v) is 2.91. The molecular weight excluding hydrogens is 342 g/mol. The van der Waals surface area contributed by atoms with Crippen LogP contribution in [0.3, 0.4) is 0 Å². The molecule has 0 bridgehead atoms. The van der Waals surface area contributed by atoms with Gasteiger partial charge in [0.1, 0.15) is 5.69 Å². The van der Waals surface area contributed by atoms with E-state index >= 15 is 0 Å². The van der Waals surface area contributed by atoms with Gasteiger partial charge in [-0.15, -0.1) is 0 Å². The molecule has 0 saturated heterocycles. The minimum Gasteiger partial charge on any atom is -0.350 e. The molecule has 1 amide bonds. The van der Waals surface area contributed by atoms with Crippen LogP contribution in [0.25, 0.3) is 10.9 Å². The molecule has 0 aliphatic rings. The molecule has 2 N–H and O–H groups in total. The van der Waals surface area contributed by atoms with Crippen LogP contribution >= 0.6 is 11.6 Å². The normalized spacial score (nSPS) is 12.1. The molecule has 3 aromatic rings. The van der Waals surface area contributed by atoms with Crippen molar-refractivity contribution in [1.82, 2.24) is 10.3 Å². The van der Waals surface area contributed by atoms with E-state index in [1.165, 1.54) is 12.1 Å². The molecule has 1 heterocycles. The van der Waals surface area contributed by atoms with Gasteiger partial charge in [-0.05, 0) is 30.2 Å². The molecule has 2 aromatic carbocycles. The Morgan fingerprint density at radius 1 is 1.28 bits per heavy atom. The number of nitrogens with zero attached hydrogens (tertiary/aromatic N) is 1.